The maximum absolute atomic E-state index is 12.4. The second-order valence-corrected chi connectivity index (χ2v) is 7.77. The molecule has 21 heavy (non-hydrogen) atoms. The number of phenols is 1. The molecule has 0 amide bonds. The van der Waals surface area contributed by atoms with E-state index in [0.29, 0.717) is 35.2 Å². The van der Waals surface area contributed by atoms with Crippen molar-refractivity contribution in [2.75, 3.05) is 0 Å². The summed E-state index contributed by atoms with van der Waals surface area (Å²) in [7, 11) is 0. The van der Waals surface area contributed by atoms with E-state index in [9.17, 15) is 9.90 Å². The molecule has 0 aliphatic heterocycles. The predicted octanol–water partition coefficient (Wildman–Crippen LogP) is 4.06. The van der Waals surface area contributed by atoms with Crippen molar-refractivity contribution < 1.29 is 9.90 Å². The molecule has 0 bridgehead atoms. The zero-order valence-corrected chi connectivity index (χ0v) is 12.9. The van der Waals surface area contributed by atoms with Gasteiger partial charge in [0.15, 0.2) is 0 Å². The number of ketones is 1. The van der Waals surface area contributed by atoms with Crippen LogP contribution >= 0.6 is 0 Å². The molecule has 0 aromatic heterocycles. The lowest BCUT2D eigenvalue weighted by molar-refractivity contribution is -0.129. The lowest BCUT2D eigenvalue weighted by atomic mass is 9.53. The van der Waals surface area contributed by atoms with E-state index in [1.807, 2.05) is 12.1 Å². The molecule has 5 atom stereocenters. The number of fused-ring (bicyclic) bond motifs is 5. The summed E-state index contributed by atoms with van der Waals surface area (Å²) >= 11 is 0. The van der Waals surface area contributed by atoms with Gasteiger partial charge in [-0.05, 0) is 72.6 Å². The van der Waals surface area contributed by atoms with Crippen LogP contribution in [0.15, 0.2) is 18.2 Å². The summed E-state index contributed by atoms with van der Waals surface area (Å²) in [6.07, 6.45) is 5.11. The molecule has 2 nitrogen and oxygen atoms in total. The number of hydrogen-bond donors (Lipinski definition) is 1. The van der Waals surface area contributed by atoms with Crippen molar-refractivity contribution in [2.45, 2.75) is 51.9 Å². The van der Waals surface area contributed by atoms with Crippen LogP contribution in [0.5, 0.6) is 5.75 Å². The van der Waals surface area contributed by atoms with Crippen molar-refractivity contribution in [1.82, 2.24) is 0 Å². The first-order chi connectivity index (χ1) is 10.0. The van der Waals surface area contributed by atoms with Gasteiger partial charge in [0, 0.05) is 11.8 Å². The van der Waals surface area contributed by atoms with Crippen molar-refractivity contribution in [2.24, 2.45) is 23.2 Å². The van der Waals surface area contributed by atoms with Crippen molar-refractivity contribution in [3.8, 4) is 5.75 Å². The molecule has 2 heteroatoms. The fourth-order valence-corrected chi connectivity index (χ4v) is 5.74. The normalized spacial score (nSPS) is 41.3. The third kappa shape index (κ3) is 1.74. The van der Waals surface area contributed by atoms with Crippen LogP contribution in [0.3, 0.4) is 0 Å². The van der Waals surface area contributed by atoms with E-state index in [4.69, 9.17) is 0 Å². The highest BCUT2D eigenvalue weighted by atomic mass is 16.3. The van der Waals surface area contributed by atoms with E-state index < -0.39 is 0 Å². The largest absolute Gasteiger partial charge is 0.508 e. The third-order valence-corrected chi connectivity index (χ3v) is 6.77. The first-order valence-electron chi connectivity index (χ1n) is 8.36. The Morgan fingerprint density at radius 2 is 2.10 bits per heavy atom. The van der Waals surface area contributed by atoms with E-state index in [1.165, 1.54) is 11.1 Å². The van der Waals surface area contributed by atoms with Gasteiger partial charge in [0.2, 0.25) is 0 Å². The maximum Gasteiger partial charge on any atom is 0.139 e. The standard InChI is InChI=1S/C19H24O2/c1-11-9-12-10-13(20)3-4-14(12)15-7-8-19(2)16(18(11)15)5-6-17(19)21/h3-4,10-11,15-16,18,20H,5-9H2,1-2H3/t11-,15+,16-,18-,19+/m1/s1. The molecule has 0 radical (unpaired) electrons. The number of aromatic hydroxyl groups is 1. The fourth-order valence-electron chi connectivity index (χ4n) is 5.74. The van der Waals surface area contributed by atoms with Crippen LogP contribution in [0.4, 0.5) is 0 Å². The molecule has 112 valence electrons. The Morgan fingerprint density at radius 3 is 2.90 bits per heavy atom. The summed E-state index contributed by atoms with van der Waals surface area (Å²) in [5.74, 6) is 3.31. The molecule has 3 aliphatic rings. The van der Waals surface area contributed by atoms with Gasteiger partial charge in [-0.15, -0.1) is 0 Å². The average Bonchev–Trinajstić information content (AvgIpc) is 2.74. The minimum atomic E-state index is -0.0517. The van der Waals surface area contributed by atoms with Crippen molar-refractivity contribution in [1.29, 1.82) is 0 Å². The topological polar surface area (TPSA) is 37.3 Å². The lowest BCUT2D eigenvalue weighted by Crippen LogP contribution is -2.45. The van der Waals surface area contributed by atoms with Crippen molar-refractivity contribution in [3.63, 3.8) is 0 Å². The summed E-state index contributed by atoms with van der Waals surface area (Å²) < 4.78 is 0. The highest BCUT2D eigenvalue weighted by Gasteiger charge is 2.56. The van der Waals surface area contributed by atoms with E-state index in [-0.39, 0.29) is 5.41 Å². The molecule has 1 aromatic carbocycles. The Morgan fingerprint density at radius 1 is 1.29 bits per heavy atom. The molecule has 0 saturated heterocycles. The highest BCUT2D eigenvalue weighted by molar-refractivity contribution is 5.87. The van der Waals surface area contributed by atoms with Crippen LogP contribution in [0, 0.1) is 23.2 Å². The van der Waals surface area contributed by atoms with Crippen LogP contribution in [-0.2, 0) is 11.2 Å². The van der Waals surface area contributed by atoms with Crippen LogP contribution in [0.25, 0.3) is 0 Å². The minimum absolute atomic E-state index is 0.0517. The molecular formula is C19H24O2. The van der Waals surface area contributed by atoms with E-state index >= 15 is 0 Å². The first kappa shape index (κ1) is 13.4. The highest BCUT2D eigenvalue weighted by Crippen LogP contribution is 2.60. The zero-order valence-electron chi connectivity index (χ0n) is 12.9. The van der Waals surface area contributed by atoms with Crippen LogP contribution in [0.1, 0.15) is 56.6 Å². The van der Waals surface area contributed by atoms with Gasteiger partial charge in [0.25, 0.3) is 0 Å². The summed E-state index contributed by atoms with van der Waals surface area (Å²) in [6.45, 7) is 4.57. The van der Waals surface area contributed by atoms with Crippen LogP contribution in [0.2, 0.25) is 0 Å². The van der Waals surface area contributed by atoms with Crippen molar-refractivity contribution >= 4 is 5.78 Å². The molecule has 3 aliphatic carbocycles. The van der Waals surface area contributed by atoms with Gasteiger partial charge < -0.3 is 5.11 Å². The molecule has 1 N–H and O–H groups in total. The average molecular weight is 284 g/mol. The molecule has 0 heterocycles. The van der Waals surface area contributed by atoms with Gasteiger partial charge in [-0.25, -0.2) is 0 Å². The number of Topliss-reactive ketones (excluding diaryl/α,β-unsaturated/α-hetero) is 1. The summed E-state index contributed by atoms with van der Waals surface area (Å²) in [4.78, 5) is 12.4. The maximum atomic E-state index is 12.4. The van der Waals surface area contributed by atoms with Crippen LogP contribution in [-0.4, -0.2) is 10.9 Å². The lowest BCUT2D eigenvalue weighted by Gasteiger charge is -2.51. The second kappa shape index (κ2) is 4.34. The number of phenolic OH excluding ortho intramolecular Hbond substituents is 1. The predicted molar refractivity (Wildman–Crippen MR) is 82.3 cm³/mol. The van der Waals surface area contributed by atoms with Gasteiger partial charge in [-0.2, -0.15) is 0 Å². The van der Waals surface area contributed by atoms with Gasteiger partial charge in [-0.1, -0.05) is 19.9 Å². The SMILES string of the molecule is C[C@@H]1Cc2cc(O)ccc2[C@@H]2CC[C@]3(C)C(=O)CC[C@@H]3[C@H]12. The molecule has 2 fully saturated rings. The number of benzene rings is 1. The molecule has 2 saturated carbocycles. The molecule has 4 rings (SSSR count). The summed E-state index contributed by atoms with van der Waals surface area (Å²) in [5.41, 5.74) is 2.72. The first-order valence-corrected chi connectivity index (χ1v) is 8.36. The Balaban J connectivity index is 1.77. The molecule has 0 spiro atoms. The molecule has 0 unspecified atom stereocenters. The zero-order chi connectivity index (χ0) is 14.8. The Bertz CT molecular complexity index is 606. The Labute approximate surface area is 126 Å². The van der Waals surface area contributed by atoms with Gasteiger partial charge in [0.1, 0.15) is 11.5 Å². The van der Waals surface area contributed by atoms with E-state index in [0.717, 1.165) is 32.1 Å². The smallest absolute Gasteiger partial charge is 0.139 e. The van der Waals surface area contributed by atoms with E-state index in [2.05, 4.69) is 19.9 Å². The number of carbonyl (C=O) groups excluding carboxylic acids is 1. The summed E-state index contributed by atoms with van der Waals surface area (Å²) in [5, 5.41) is 9.75. The number of carbonyl (C=O) groups is 1. The fraction of sp³-hybridized carbons (Fsp3) is 0.632. The minimum Gasteiger partial charge on any atom is -0.508 e. The second-order valence-electron chi connectivity index (χ2n) is 7.77. The summed E-state index contributed by atoms with van der Waals surface area (Å²) in [6, 6.07) is 5.92. The Kier molecular flexibility index (Phi) is 2.76. The van der Waals surface area contributed by atoms with Gasteiger partial charge >= 0.3 is 0 Å². The van der Waals surface area contributed by atoms with Gasteiger partial charge in [0.05, 0.1) is 0 Å². The number of hydrogen-bond acceptors (Lipinski definition) is 2. The number of rotatable bonds is 0. The van der Waals surface area contributed by atoms with Crippen LogP contribution < -0.4 is 0 Å². The van der Waals surface area contributed by atoms with Gasteiger partial charge in [-0.3, -0.25) is 4.79 Å². The van der Waals surface area contributed by atoms with Crippen molar-refractivity contribution in [3.05, 3.63) is 29.3 Å². The molecule has 1 aromatic rings. The third-order valence-electron chi connectivity index (χ3n) is 6.77. The monoisotopic (exact) mass is 284 g/mol. The van der Waals surface area contributed by atoms with E-state index in [1.54, 1.807) is 0 Å². The Hall–Kier alpha value is -1.31. The molecular weight excluding hydrogens is 260 g/mol. The quantitative estimate of drug-likeness (QED) is 0.780.